The van der Waals surface area contributed by atoms with Gasteiger partial charge in [0, 0.05) is 4.57 Å². The molecule has 9 heteroatoms. The maximum Gasteiger partial charge on any atom is 0.704 e. The van der Waals surface area contributed by atoms with E-state index in [1.807, 2.05) is 0 Å². The van der Waals surface area contributed by atoms with Crippen LogP contribution in [-0.4, -0.2) is 20.6 Å². The third kappa shape index (κ3) is 3.00. The Hall–Kier alpha value is -0.320. The van der Waals surface area contributed by atoms with Crippen molar-refractivity contribution in [2.45, 2.75) is 0 Å². The Bertz CT molecular complexity index is 206. The van der Waals surface area contributed by atoms with Crippen LogP contribution in [0.15, 0.2) is 0 Å². The summed E-state index contributed by atoms with van der Waals surface area (Å²) in [4.78, 5) is 25.7. The van der Waals surface area contributed by atoms with Crippen molar-refractivity contribution in [3.05, 3.63) is 0 Å². The molecule has 0 amide bonds. The van der Waals surface area contributed by atoms with Gasteiger partial charge in [-0.2, -0.15) is 0 Å². The fraction of sp³-hybridized carbons (Fsp3) is 0. The SMILES string of the molecule is O=C(O)P(=O)(O)O[P+](=O)O. The Labute approximate surface area is 55.7 Å². The molecule has 0 saturated carbocycles. The third-order valence-corrected chi connectivity index (χ3v) is 2.35. The monoisotopic (exact) mass is 189 g/mol. The van der Waals surface area contributed by atoms with Gasteiger partial charge in [0.05, 0.1) is 0 Å². The molecule has 2 unspecified atom stereocenters. The van der Waals surface area contributed by atoms with Gasteiger partial charge in [-0.3, -0.25) is 0 Å². The van der Waals surface area contributed by atoms with Crippen LogP contribution >= 0.6 is 15.9 Å². The van der Waals surface area contributed by atoms with E-state index in [0.717, 1.165) is 0 Å². The van der Waals surface area contributed by atoms with Gasteiger partial charge in [0.2, 0.25) is 0 Å². The summed E-state index contributed by atoms with van der Waals surface area (Å²) in [6.07, 6.45) is 0. The zero-order chi connectivity index (χ0) is 8.36. The van der Waals surface area contributed by atoms with E-state index < -0.39 is 21.6 Å². The van der Waals surface area contributed by atoms with Crippen molar-refractivity contribution in [3.8, 4) is 0 Å². The van der Waals surface area contributed by atoms with E-state index in [4.69, 9.17) is 14.9 Å². The Morgan fingerprint density at radius 1 is 1.60 bits per heavy atom. The lowest BCUT2D eigenvalue weighted by atomic mass is 11.6. The molecule has 0 saturated heterocycles. The van der Waals surface area contributed by atoms with Gasteiger partial charge >= 0.3 is 21.6 Å². The van der Waals surface area contributed by atoms with Crippen LogP contribution in [0.25, 0.3) is 0 Å². The Balaban J connectivity index is 4.29. The maximum atomic E-state index is 10.1. The molecule has 0 aromatic rings. The van der Waals surface area contributed by atoms with E-state index in [9.17, 15) is 13.9 Å². The van der Waals surface area contributed by atoms with Crippen LogP contribution in [0.5, 0.6) is 0 Å². The number of hydrogen-bond acceptors (Lipinski definition) is 4. The zero-order valence-electron chi connectivity index (χ0n) is 4.37. The van der Waals surface area contributed by atoms with Gasteiger partial charge in [-0.15, -0.1) is 4.89 Å². The highest BCUT2D eigenvalue weighted by Crippen LogP contribution is 2.49. The molecule has 0 radical (unpaired) electrons. The van der Waals surface area contributed by atoms with Crippen molar-refractivity contribution in [1.82, 2.24) is 0 Å². The van der Waals surface area contributed by atoms with Gasteiger partial charge in [-0.25, -0.2) is 9.36 Å². The molecular formula is CH3O7P2+. The quantitative estimate of drug-likeness (QED) is 0.553. The Morgan fingerprint density at radius 2 is 2.00 bits per heavy atom. The van der Waals surface area contributed by atoms with Crippen LogP contribution in [-0.2, 0) is 13.4 Å². The summed E-state index contributed by atoms with van der Waals surface area (Å²) < 4.78 is 23.0. The van der Waals surface area contributed by atoms with Gasteiger partial charge in [0.25, 0.3) is 0 Å². The lowest BCUT2D eigenvalue weighted by molar-refractivity contribution is 0.208. The minimum absolute atomic E-state index is 2.16. The number of carboxylic acid groups (broad SMARTS) is 1. The van der Waals surface area contributed by atoms with Crippen LogP contribution in [0, 0.1) is 0 Å². The second-order valence-electron chi connectivity index (χ2n) is 1.12. The van der Waals surface area contributed by atoms with Crippen molar-refractivity contribution in [2.24, 2.45) is 0 Å². The van der Waals surface area contributed by atoms with E-state index >= 15 is 0 Å². The van der Waals surface area contributed by atoms with Gasteiger partial charge < -0.3 is 10.00 Å². The van der Waals surface area contributed by atoms with Crippen molar-refractivity contribution >= 4 is 21.6 Å². The highest BCUT2D eigenvalue weighted by molar-refractivity contribution is 7.74. The minimum Gasteiger partial charge on any atom is -0.472 e. The molecule has 10 heavy (non-hydrogen) atoms. The molecule has 3 N–H and O–H groups in total. The molecule has 0 aliphatic carbocycles. The highest BCUT2D eigenvalue weighted by atomic mass is 31.2. The Morgan fingerprint density at radius 3 is 2.10 bits per heavy atom. The van der Waals surface area contributed by atoms with Crippen LogP contribution in [0.4, 0.5) is 4.79 Å². The number of hydrogen-bond donors (Lipinski definition) is 3. The van der Waals surface area contributed by atoms with Gasteiger partial charge in [0.15, 0.2) is 0 Å². The molecule has 0 aliphatic heterocycles. The summed E-state index contributed by atoms with van der Waals surface area (Å²) in [7, 11) is -8.30. The molecule has 2 atom stereocenters. The summed E-state index contributed by atoms with van der Waals surface area (Å²) in [5.41, 5.74) is -2.16. The van der Waals surface area contributed by atoms with Gasteiger partial charge in [-0.05, 0) is 4.31 Å². The third-order valence-electron chi connectivity index (χ3n) is 0.422. The average Bonchev–Trinajstić information content (AvgIpc) is 1.60. The summed E-state index contributed by atoms with van der Waals surface area (Å²) in [5.74, 6) is 0. The topological polar surface area (TPSA) is 121 Å². The van der Waals surface area contributed by atoms with E-state index in [1.165, 1.54) is 0 Å². The standard InChI is InChI=1S/CH2O7P2/c2-1(3)10(6,7)8-9(4)5/h(H2-,2,3,4,5,6,7)/p+1. The molecule has 7 nitrogen and oxygen atoms in total. The number of rotatable bonds is 3. The molecule has 0 rings (SSSR count). The molecule has 0 fully saturated rings. The fourth-order valence-corrected chi connectivity index (χ4v) is 1.17. The first kappa shape index (κ1) is 9.68. The predicted octanol–water partition coefficient (Wildman–Crippen LogP) is 0.516. The van der Waals surface area contributed by atoms with Crippen LogP contribution in [0.2, 0.25) is 0 Å². The maximum absolute atomic E-state index is 10.1. The largest absolute Gasteiger partial charge is 0.704 e. The van der Waals surface area contributed by atoms with Gasteiger partial charge in [-0.1, -0.05) is 0 Å². The summed E-state index contributed by atoms with van der Waals surface area (Å²) in [6, 6.07) is 0. The molecule has 58 valence electrons. The number of carbonyl (C=O) groups is 1. The summed E-state index contributed by atoms with van der Waals surface area (Å²) in [5, 5.41) is 7.81. The first-order valence-electron chi connectivity index (χ1n) is 1.78. The first-order valence-corrected chi connectivity index (χ1v) is 4.49. The zero-order valence-corrected chi connectivity index (χ0v) is 6.16. The molecule has 0 aromatic heterocycles. The van der Waals surface area contributed by atoms with Gasteiger partial charge in [0.1, 0.15) is 0 Å². The fourth-order valence-electron chi connectivity index (χ4n) is 0.130. The summed E-state index contributed by atoms with van der Waals surface area (Å²) >= 11 is 0. The highest BCUT2D eigenvalue weighted by Gasteiger charge is 2.40. The first-order chi connectivity index (χ1) is 4.36. The van der Waals surface area contributed by atoms with Crippen molar-refractivity contribution in [1.29, 1.82) is 0 Å². The van der Waals surface area contributed by atoms with Crippen LogP contribution in [0.3, 0.4) is 0 Å². The predicted molar refractivity (Wildman–Crippen MR) is 28.8 cm³/mol. The van der Waals surface area contributed by atoms with Crippen LogP contribution in [0.1, 0.15) is 0 Å². The molecule has 0 spiro atoms. The molecule has 0 aliphatic rings. The summed E-state index contributed by atoms with van der Waals surface area (Å²) in [6.45, 7) is 0. The van der Waals surface area contributed by atoms with Crippen LogP contribution < -0.4 is 0 Å². The minimum atomic E-state index is -4.94. The Kier molecular flexibility index (Phi) is 3.08. The average molecular weight is 189 g/mol. The van der Waals surface area contributed by atoms with E-state index in [0.29, 0.717) is 0 Å². The normalized spacial score (nSPS) is 17.6. The lowest BCUT2D eigenvalue weighted by Crippen LogP contribution is -1.94. The van der Waals surface area contributed by atoms with E-state index in [2.05, 4.69) is 4.31 Å². The molecular weight excluding hydrogens is 186 g/mol. The smallest absolute Gasteiger partial charge is 0.472 e. The van der Waals surface area contributed by atoms with Crippen molar-refractivity contribution in [2.75, 3.05) is 0 Å². The van der Waals surface area contributed by atoms with Crippen molar-refractivity contribution in [3.63, 3.8) is 0 Å². The van der Waals surface area contributed by atoms with E-state index in [1.54, 1.807) is 0 Å². The van der Waals surface area contributed by atoms with Crippen molar-refractivity contribution < 1.29 is 33.1 Å². The van der Waals surface area contributed by atoms with E-state index in [-0.39, 0.29) is 0 Å². The molecule has 0 bridgehead atoms. The lowest BCUT2D eigenvalue weighted by Gasteiger charge is -1.92. The second-order valence-corrected chi connectivity index (χ2v) is 3.67. The second kappa shape index (κ2) is 3.18. The molecule has 0 aromatic carbocycles. The molecule has 0 heterocycles.